The number of hydrogen-bond donors (Lipinski definition) is 1. The first-order valence-electron chi connectivity index (χ1n) is 5.13. The van der Waals surface area contributed by atoms with Crippen molar-refractivity contribution >= 4 is 0 Å². The van der Waals surface area contributed by atoms with Crippen LogP contribution in [0.15, 0.2) is 12.7 Å². The Morgan fingerprint density at radius 1 is 1.58 bits per heavy atom. The quantitative estimate of drug-likeness (QED) is 0.635. The fraction of sp³-hybridized carbons (Fsp3) is 0.818. The molecule has 1 aliphatic rings. The first kappa shape index (κ1) is 9.79. The molecule has 3 atom stereocenters. The fourth-order valence-electron chi connectivity index (χ4n) is 2.26. The number of rotatable bonds is 4. The zero-order valence-corrected chi connectivity index (χ0v) is 8.34. The second kappa shape index (κ2) is 4.66. The molecule has 0 bridgehead atoms. The maximum absolute atomic E-state index is 3.89. The summed E-state index contributed by atoms with van der Waals surface area (Å²) in [6.45, 7) is 9.46. The average Bonchev–Trinajstić information content (AvgIpc) is 2.47. The average molecular weight is 167 g/mol. The molecule has 3 unspecified atom stereocenters. The Labute approximate surface area is 76.2 Å². The minimum atomic E-state index is 0.556. The van der Waals surface area contributed by atoms with Gasteiger partial charge in [0.15, 0.2) is 0 Å². The molecule has 1 saturated carbocycles. The summed E-state index contributed by atoms with van der Waals surface area (Å²) in [5, 5.41) is 3.48. The van der Waals surface area contributed by atoms with E-state index < -0.39 is 0 Å². The van der Waals surface area contributed by atoms with Crippen molar-refractivity contribution in [3.05, 3.63) is 12.7 Å². The van der Waals surface area contributed by atoms with Crippen LogP contribution in [0.3, 0.4) is 0 Å². The summed E-state index contributed by atoms with van der Waals surface area (Å²) in [4.78, 5) is 0. The summed E-state index contributed by atoms with van der Waals surface area (Å²) < 4.78 is 0. The van der Waals surface area contributed by atoms with Gasteiger partial charge in [-0.25, -0.2) is 0 Å². The first-order valence-corrected chi connectivity index (χ1v) is 5.13. The van der Waals surface area contributed by atoms with Crippen molar-refractivity contribution in [3.8, 4) is 0 Å². The van der Waals surface area contributed by atoms with E-state index in [1.165, 1.54) is 19.3 Å². The molecule has 0 amide bonds. The number of likely N-dealkylation sites (N-methyl/N-ethyl adjacent to an activating group) is 1. The topological polar surface area (TPSA) is 12.0 Å². The van der Waals surface area contributed by atoms with Gasteiger partial charge in [-0.2, -0.15) is 0 Å². The standard InChI is InChI=1S/C11H21N/c1-4-11(12-5-2)10-7-6-9(3)8-10/h4,9-12H,1,5-8H2,2-3H3. The largest absolute Gasteiger partial charge is 0.311 e. The molecular formula is C11H21N. The van der Waals surface area contributed by atoms with Crippen molar-refractivity contribution in [1.29, 1.82) is 0 Å². The Bertz CT molecular complexity index is 142. The van der Waals surface area contributed by atoms with Crippen LogP contribution in [0.2, 0.25) is 0 Å². The van der Waals surface area contributed by atoms with Crippen LogP contribution >= 0.6 is 0 Å². The predicted molar refractivity (Wildman–Crippen MR) is 54.2 cm³/mol. The SMILES string of the molecule is C=CC(NCC)C1CCC(C)C1. The van der Waals surface area contributed by atoms with Gasteiger partial charge < -0.3 is 5.32 Å². The molecule has 0 aromatic carbocycles. The number of hydrogen-bond acceptors (Lipinski definition) is 1. The van der Waals surface area contributed by atoms with E-state index in [2.05, 4.69) is 31.8 Å². The van der Waals surface area contributed by atoms with Gasteiger partial charge in [0.1, 0.15) is 0 Å². The molecule has 0 aromatic heterocycles. The first-order chi connectivity index (χ1) is 5.77. The molecule has 1 fully saturated rings. The molecule has 0 spiro atoms. The van der Waals surface area contributed by atoms with Crippen LogP contribution in [0, 0.1) is 11.8 Å². The van der Waals surface area contributed by atoms with Crippen molar-refractivity contribution in [2.24, 2.45) is 11.8 Å². The third-order valence-electron chi connectivity index (χ3n) is 2.94. The van der Waals surface area contributed by atoms with E-state index >= 15 is 0 Å². The monoisotopic (exact) mass is 167 g/mol. The summed E-state index contributed by atoms with van der Waals surface area (Å²) in [7, 11) is 0. The zero-order chi connectivity index (χ0) is 8.97. The normalized spacial score (nSPS) is 31.8. The molecule has 1 nitrogen and oxygen atoms in total. The van der Waals surface area contributed by atoms with E-state index in [1.807, 2.05) is 0 Å². The Morgan fingerprint density at radius 3 is 2.75 bits per heavy atom. The van der Waals surface area contributed by atoms with Crippen molar-refractivity contribution in [1.82, 2.24) is 5.32 Å². The second-order valence-electron chi connectivity index (χ2n) is 4.00. The smallest absolute Gasteiger partial charge is 0.0275 e. The van der Waals surface area contributed by atoms with E-state index in [-0.39, 0.29) is 0 Å². The maximum atomic E-state index is 3.89. The molecule has 1 heteroatoms. The van der Waals surface area contributed by atoms with Gasteiger partial charge in [0, 0.05) is 6.04 Å². The van der Waals surface area contributed by atoms with Gasteiger partial charge in [-0.05, 0) is 31.2 Å². The third-order valence-corrected chi connectivity index (χ3v) is 2.94. The molecule has 1 aliphatic carbocycles. The lowest BCUT2D eigenvalue weighted by atomic mass is 9.97. The van der Waals surface area contributed by atoms with Gasteiger partial charge >= 0.3 is 0 Å². The van der Waals surface area contributed by atoms with E-state index in [9.17, 15) is 0 Å². The van der Waals surface area contributed by atoms with E-state index in [0.717, 1.165) is 18.4 Å². The van der Waals surface area contributed by atoms with E-state index in [1.54, 1.807) is 0 Å². The molecule has 1 rings (SSSR count). The van der Waals surface area contributed by atoms with E-state index in [4.69, 9.17) is 0 Å². The molecule has 70 valence electrons. The molecule has 0 radical (unpaired) electrons. The molecular weight excluding hydrogens is 146 g/mol. The fourth-order valence-corrected chi connectivity index (χ4v) is 2.26. The minimum Gasteiger partial charge on any atom is -0.311 e. The van der Waals surface area contributed by atoms with Gasteiger partial charge in [-0.3, -0.25) is 0 Å². The Morgan fingerprint density at radius 2 is 2.33 bits per heavy atom. The summed E-state index contributed by atoms with van der Waals surface area (Å²) >= 11 is 0. The van der Waals surface area contributed by atoms with Crippen LogP contribution in [-0.4, -0.2) is 12.6 Å². The van der Waals surface area contributed by atoms with Crippen LogP contribution < -0.4 is 5.32 Å². The highest BCUT2D eigenvalue weighted by atomic mass is 14.9. The van der Waals surface area contributed by atoms with Crippen LogP contribution in [0.5, 0.6) is 0 Å². The van der Waals surface area contributed by atoms with Crippen LogP contribution in [0.1, 0.15) is 33.1 Å². The van der Waals surface area contributed by atoms with Gasteiger partial charge in [0.2, 0.25) is 0 Å². The Balaban J connectivity index is 2.38. The second-order valence-corrected chi connectivity index (χ2v) is 4.00. The lowest BCUT2D eigenvalue weighted by Crippen LogP contribution is -2.33. The molecule has 0 saturated heterocycles. The van der Waals surface area contributed by atoms with Crippen molar-refractivity contribution in [3.63, 3.8) is 0 Å². The molecule has 0 heterocycles. The lowest BCUT2D eigenvalue weighted by molar-refractivity contribution is 0.410. The highest BCUT2D eigenvalue weighted by Gasteiger charge is 2.26. The van der Waals surface area contributed by atoms with Crippen LogP contribution in [0.4, 0.5) is 0 Å². The number of nitrogens with one attached hydrogen (secondary N) is 1. The van der Waals surface area contributed by atoms with Crippen molar-refractivity contribution in [2.45, 2.75) is 39.2 Å². The van der Waals surface area contributed by atoms with Gasteiger partial charge in [0.25, 0.3) is 0 Å². The summed E-state index contributed by atoms with van der Waals surface area (Å²) in [6, 6.07) is 0.556. The summed E-state index contributed by atoms with van der Waals surface area (Å²) in [6.07, 6.45) is 6.24. The van der Waals surface area contributed by atoms with Crippen LogP contribution in [0.25, 0.3) is 0 Å². The van der Waals surface area contributed by atoms with E-state index in [0.29, 0.717) is 6.04 Å². The van der Waals surface area contributed by atoms with Crippen molar-refractivity contribution < 1.29 is 0 Å². The van der Waals surface area contributed by atoms with Crippen LogP contribution in [-0.2, 0) is 0 Å². The maximum Gasteiger partial charge on any atom is 0.0275 e. The highest BCUT2D eigenvalue weighted by molar-refractivity contribution is 4.93. The predicted octanol–water partition coefficient (Wildman–Crippen LogP) is 2.59. The minimum absolute atomic E-state index is 0.556. The van der Waals surface area contributed by atoms with Gasteiger partial charge in [-0.15, -0.1) is 6.58 Å². The van der Waals surface area contributed by atoms with Crippen molar-refractivity contribution in [2.75, 3.05) is 6.54 Å². The highest BCUT2D eigenvalue weighted by Crippen LogP contribution is 2.32. The van der Waals surface area contributed by atoms with Gasteiger partial charge in [0.05, 0.1) is 0 Å². The Hall–Kier alpha value is -0.300. The molecule has 1 N–H and O–H groups in total. The summed E-state index contributed by atoms with van der Waals surface area (Å²) in [5.74, 6) is 1.77. The summed E-state index contributed by atoms with van der Waals surface area (Å²) in [5.41, 5.74) is 0. The molecule has 0 aromatic rings. The lowest BCUT2D eigenvalue weighted by Gasteiger charge is -2.20. The Kier molecular flexibility index (Phi) is 3.80. The molecule has 0 aliphatic heterocycles. The zero-order valence-electron chi connectivity index (χ0n) is 8.34. The third kappa shape index (κ3) is 2.34. The molecule has 12 heavy (non-hydrogen) atoms. The van der Waals surface area contributed by atoms with Gasteiger partial charge in [-0.1, -0.05) is 26.3 Å².